The molecule has 22 heavy (non-hydrogen) atoms. The van der Waals surface area contributed by atoms with E-state index in [2.05, 4.69) is 51.1 Å². The number of rotatable bonds is 1. The highest BCUT2D eigenvalue weighted by molar-refractivity contribution is 14.1. The average Bonchev–Trinajstić information content (AvgIpc) is 2.98. The first-order valence-electron chi connectivity index (χ1n) is 7.10. The highest BCUT2D eigenvalue weighted by atomic mass is 127. The van der Waals surface area contributed by atoms with Crippen molar-refractivity contribution in [2.75, 3.05) is 7.05 Å². The second-order valence-electron chi connectivity index (χ2n) is 5.95. The third-order valence-corrected chi connectivity index (χ3v) is 5.54. The molecule has 1 aliphatic carbocycles. The largest absolute Gasteiger partial charge is 0.324 e. The first-order chi connectivity index (χ1) is 10.5. The molecular weight excluding hydrogens is 393 g/mol. The summed E-state index contributed by atoms with van der Waals surface area (Å²) in [6, 6.07) is 7.97. The third kappa shape index (κ3) is 1.79. The summed E-state index contributed by atoms with van der Waals surface area (Å²) in [4.78, 5) is 30.3. The smallest absolute Gasteiger partial charge is 0.312 e. The van der Waals surface area contributed by atoms with Crippen molar-refractivity contribution in [1.82, 2.24) is 15.2 Å². The molecule has 0 bridgehead atoms. The standard InChI is InChI=1S/C16H14IN3O2/c1-20-15(22)19-14(21)16(20)6-10-4-9-2-3-12(8-17)18-13(9)5-11(10)7-16/h2-5H,6-8H2,1H3,(H,19,21,22)/t16-/m1/s1. The molecule has 1 atom stereocenters. The third-order valence-electron chi connectivity index (χ3n) is 4.76. The molecule has 3 amide bonds. The number of pyridine rings is 1. The number of imide groups is 1. The van der Waals surface area contributed by atoms with Gasteiger partial charge >= 0.3 is 6.03 Å². The number of amides is 3. The number of carbonyl (C=O) groups is 2. The van der Waals surface area contributed by atoms with E-state index in [1.165, 1.54) is 0 Å². The normalized spacial score (nSPS) is 23.5. The molecule has 1 aromatic heterocycles. The number of likely N-dealkylation sites (N-methyl/N-ethyl adjacent to an activating group) is 1. The van der Waals surface area contributed by atoms with Crippen molar-refractivity contribution in [3.8, 4) is 0 Å². The van der Waals surface area contributed by atoms with Crippen molar-refractivity contribution in [3.63, 3.8) is 0 Å². The number of carbonyl (C=O) groups excluding carboxylic acids is 2. The summed E-state index contributed by atoms with van der Waals surface area (Å²) in [7, 11) is 1.69. The lowest BCUT2D eigenvalue weighted by atomic mass is 9.95. The highest BCUT2D eigenvalue weighted by Crippen LogP contribution is 2.38. The minimum absolute atomic E-state index is 0.193. The molecule has 0 unspecified atom stereocenters. The van der Waals surface area contributed by atoms with E-state index >= 15 is 0 Å². The van der Waals surface area contributed by atoms with Gasteiger partial charge in [0.15, 0.2) is 0 Å². The number of hydrogen-bond acceptors (Lipinski definition) is 3. The molecule has 1 aliphatic heterocycles. The Balaban J connectivity index is 1.82. The van der Waals surface area contributed by atoms with Crippen LogP contribution in [0, 0.1) is 0 Å². The zero-order valence-electron chi connectivity index (χ0n) is 12.0. The quantitative estimate of drug-likeness (QED) is 0.448. The fourth-order valence-electron chi connectivity index (χ4n) is 3.44. The highest BCUT2D eigenvalue weighted by Gasteiger charge is 2.54. The Morgan fingerprint density at radius 1 is 1.27 bits per heavy atom. The fraction of sp³-hybridized carbons (Fsp3) is 0.312. The maximum atomic E-state index is 12.3. The fourth-order valence-corrected chi connectivity index (χ4v) is 3.87. The van der Waals surface area contributed by atoms with Crippen molar-refractivity contribution < 1.29 is 9.59 Å². The number of nitrogens with zero attached hydrogens (tertiary/aromatic N) is 2. The molecule has 2 heterocycles. The van der Waals surface area contributed by atoms with E-state index in [4.69, 9.17) is 0 Å². The summed E-state index contributed by atoms with van der Waals surface area (Å²) < 4.78 is 0.869. The Bertz CT molecular complexity index is 835. The second kappa shape index (κ2) is 4.65. The van der Waals surface area contributed by atoms with Crippen LogP contribution >= 0.6 is 22.6 Å². The van der Waals surface area contributed by atoms with E-state index in [9.17, 15) is 9.59 Å². The molecule has 2 aromatic rings. The molecule has 1 saturated heterocycles. The number of halogens is 1. The lowest BCUT2D eigenvalue weighted by Gasteiger charge is -2.27. The number of alkyl halides is 1. The first kappa shape index (κ1) is 13.9. The summed E-state index contributed by atoms with van der Waals surface area (Å²) in [6.07, 6.45) is 1.13. The van der Waals surface area contributed by atoms with Crippen molar-refractivity contribution in [1.29, 1.82) is 0 Å². The molecule has 6 heteroatoms. The Labute approximate surface area is 141 Å². The number of aromatic nitrogens is 1. The molecule has 1 N–H and O–H groups in total. The van der Waals surface area contributed by atoms with Crippen molar-refractivity contribution >= 4 is 45.4 Å². The number of fused-ring (bicyclic) bond motifs is 2. The van der Waals surface area contributed by atoms with Crippen LogP contribution in [0.4, 0.5) is 4.79 Å². The van der Waals surface area contributed by atoms with Gasteiger partial charge in [-0.2, -0.15) is 0 Å². The van der Waals surface area contributed by atoms with Crippen LogP contribution in [0.3, 0.4) is 0 Å². The summed E-state index contributed by atoms with van der Waals surface area (Å²) >= 11 is 2.30. The minimum Gasteiger partial charge on any atom is -0.312 e. The molecule has 1 spiro atoms. The van der Waals surface area contributed by atoms with Crippen LogP contribution in [0.25, 0.3) is 10.9 Å². The average molecular weight is 407 g/mol. The molecule has 5 nitrogen and oxygen atoms in total. The second-order valence-corrected chi connectivity index (χ2v) is 6.72. The summed E-state index contributed by atoms with van der Waals surface area (Å²) in [5, 5.41) is 3.51. The van der Waals surface area contributed by atoms with Crippen molar-refractivity contribution in [2.45, 2.75) is 22.8 Å². The van der Waals surface area contributed by atoms with Gasteiger partial charge in [0.1, 0.15) is 5.54 Å². The first-order valence-corrected chi connectivity index (χ1v) is 8.63. The van der Waals surface area contributed by atoms with Crippen molar-refractivity contribution in [3.05, 3.63) is 41.1 Å². The zero-order valence-corrected chi connectivity index (χ0v) is 14.2. The van der Waals surface area contributed by atoms with Gasteiger partial charge in [-0.05, 0) is 29.3 Å². The molecule has 1 aromatic carbocycles. The van der Waals surface area contributed by atoms with Crippen LogP contribution in [0.5, 0.6) is 0 Å². The van der Waals surface area contributed by atoms with Crippen LogP contribution in [-0.2, 0) is 22.1 Å². The van der Waals surface area contributed by atoms with Crippen molar-refractivity contribution in [2.24, 2.45) is 0 Å². The van der Waals surface area contributed by atoms with Crippen LogP contribution in [0.15, 0.2) is 24.3 Å². The van der Waals surface area contributed by atoms with Gasteiger partial charge in [0.05, 0.1) is 11.2 Å². The molecule has 1 fully saturated rings. The molecule has 2 aliphatic rings. The number of urea groups is 1. The monoisotopic (exact) mass is 407 g/mol. The lowest BCUT2D eigenvalue weighted by Crippen LogP contribution is -2.48. The van der Waals surface area contributed by atoms with Gasteiger partial charge in [-0.15, -0.1) is 0 Å². The van der Waals surface area contributed by atoms with Gasteiger partial charge in [-0.1, -0.05) is 28.7 Å². The predicted octanol–water partition coefficient (Wildman–Crippen LogP) is 2.19. The van der Waals surface area contributed by atoms with Crippen LogP contribution in [-0.4, -0.2) is 34.4 Å². The van der Waals surface area contributed by atoms with E-state index < -0.39 is 5.54 Å². The predicted molar refractivity (Wildman–Crippen MR) is 90.9 cm³/mol. The van der Waals surface area contributed by atoms with Crippen LogP contribution < -0.4 is 5.32 Å². The maximum absolute atomic E-state index is 12.3. The van der Waals surface area contributed by atoms with E-state index in [0.29, 0.717) is 12.8 Å². The SMILES string of the molecule is CN1C(=O)NC(=O)[C@]12Cc1cc3ccc(CI)nc3cc1C2. The molecule has 0 radical (unpaired) electrons. The van der Waals surface area contributed by atoms with E-state index in [1.807, 2.05) is 6.07 Å². The zero-order chi connectivity index (χ0) is 15.5. The Kier molecular flexibility index (Phi) is 2.94. The summed E-state index contributed by atoms with van der Waals surface area (Å²) in [5.41, 5.74) is 3.49. The Hall–Kier alpha value is -1.70. The maximum Gasteiger partial charge on any atom is 0.324 e. The van der Waals surface area contributed by atoms with E-state index in [0.717, 1.165) is 32.2 Å². The van der Waals surface area contributed by atoms with E-state index in [-0.39, 0.29) is 11.9 Å². The number of benzene rings is 1. The lowest BCUT2D eigenvalue weighted by molar-refractivity contribution is -0.125. The molecule has 112 valence electrons. The molecule has 4 rings (SSSR count). The van der Waals surface area contributed by atoms with Crippen LogP contribution in [0.2, 0.25) is 0 Å². The van der Waals surface area contributed by atoms with E-state index in [1.54, 1.807) is 11.9 Å². The summed E-state index contributed by atoms with van der Waals surface area (Å²) in [6.45, 7) is 0. The minimum atomic E-state index is -0.761. The summed E-state index contributed by atoms with van der Waals surface area (Å²) in [5.74, 6) is -0.193. The van der Waals surface area contributed by atoms with Gasteiger partial charge in [-0.3, -0.25) is 15.1 Å². The van der Waals surface area contributed by atoms with Gasteiger partial charge in [0.2, 0.25) is 0 Å². The number of nitrogens with one attached hydrogen (secondary N) is 1. The van der Waals surface area contributed by atoms with Crippen LogP contribution in [0.1, 0.15) is 16.8 Å². The Morgan fingerprint density at radius 2 is 2.00 bits per heavy atom. The number of hydrogen-bond donors (Lipinski definition) is 1. The van der Waals surface area contributed by atoms with Gasteiger partial charge in [0, 0.05) is 29.7 Å². The topological polar surface area (TPSA) is 62.3 Å². The Morgan fingerprint density at radius 3 is 2.64 bits per heavy atom. The molecular formula is C16H14IN3O2. The molecule has 0 saturated carbocycles. The van der Waals surface area contributed by atoms with Gasteiger partial charge in [0.25, 0.3) is 5.91 Å². The van der Waals surface area contributed by atoms with Gasteiger partial charge < -0.3 is 4.90 Å². The van der Waals surface area contributed by atoms with Gasteiger partial charge in [-0.25, -0.2) is 4.79 Å².